The highest BCUT2D eigenvalue weighted by atomic mass is 127. The second-order valence-electron chi connectivity index (χ2n) is 6.37. The van der Waals surface area contributed by atoms with Crippen LogP contribution in [-0.4, -0.2) is 56.0 Å². The highest BCUT2D eigenvalue weighted by Crippen LogP contribution is 2.15. The molecule has 1 aromatic carbocycles. The lowest BCUT2D eigenvalue weighted by Gasteiger charge is -2.23. The number of benzene rings is 1. The Morgan fingerprint density at radius 1 is 1.38 bits per heavy atom. The third-order valence-electron chi connectivity index (χ3n) is 4.37. The topological polar surface area (TPSA) is 30.9 Å². The molecule has 1 atom stereocenters. The molecule has 0 aliphatic carbocycles. The van der Waals surface area contributed by atoms with E-state index < -0.39 is 0 Å². The van der Waals surface area contributed by atoms with Gasteiger partial charge in [0.1, 0.15) is 0 Å². The fourth-order valence-corrected chi connectivity index (χ4v) is 3.28. The molecule has 2 rings (SSSR count). The average Bonchev–Trinajstić information content (AvgIpc) is 2.98. The summed E-state index contributed by atoms with van der Waals surface area (Å²) in [6.45, 7) is 7.74. The lowest BCUT2D eigenvalue weighted by Crippen LogP contribution is -2.41. The van der Waals surface area contributed by atoms with Crippen molar-refractivity contribution in [2.75, 3.05) is 40.3 Å². The van der Waals surface area contributed by atoms with Crippen molar-refractivity contribution in [3.05, 3.63) is 34.9 Å². The second-order valence-corrected chi connectivity index (χ2v) is 6.80. The lowest BCUT2D eigenvalue weighted by molar-refractivity contribution is 0.324. The molecule has 136 valence electrons. The van der Waals surface area contributed by atoms with E-state index >= 15 is 0 Å². The van der Waals surface area contributed by atoms with Crippen LogP contribution in [0.3, 0.4) is 0 Å². The summed E-state index contributed by atoms with van der Waals surface area (Å²) in [5, 5.41) is 4.30. The van der Waals surface area contributed by atoms with Crippen molar-refractivity contribution in [3.8, 4) is 0 Å². The van der Waals surface area contributed by atoms with Crippen molar-refractivity contribution < 1.29 is 0 Å². The number of halogens is 2. The van der Waals surface area contributed by atoms with Gasteiger partial charge in [0.2, 0.25) is 0 Å². The molecular formula is C18H30ClIN4. The smallest absolute Gasteiger partial charge is 0.193 e. The van der Waals surface area contributed by atoms with Crippen molar-refractivity contribution in [1.29, 1.82) is 0 Å². The fraction of sp³-hybridized carbons (Fsp3) is 0.611. The number of aliphatic imine (C=N–C) groups is 1. The van der Waals surface area contributed by atoms with Crippen LogP contribution in [0.15, 0.2) is 29.3 Å². The van der Waals surface area contributed by atoms with Gasteiger partial charge in [-0.05, 0) is 49.5 Å². The first kappa shape index (κ1) is 21.5. The Bertz CT molecular complexity index is 506. The summed E-state index contributed by atoms with van der Waals surface area (Å²) in [5.41, 5.74) is 1.23. The monoisotopic (exact) mass is 464 g/mol. The van der Waals surface area contributed by atoms with Gasteiger partial charge in [0.25, 0.3) is 0 Å². The first-order valence-corrected chi connectivity index (χ1v) is 8.88. The maximum Gasteiger partial charge on any atom is 0.193 e. The molecular weight excluding hydrogens is 435 g/mol. The zero-order valence-corrected chi connectivity index (χ0v) is 18.1. The highest BCUT2D eigenvalue weighted by Gasteiger charge is 2.22. The molecule has 0 bridgehead atoms. The van der Waals surface area contributed by atoms with Crippen molar-refractivity contribution in [1.82, 2.24) is 15.1 Å². The predicted molar refractivity (Wildman–Crippen MR) is 115 cm³/mol. The molecule has 0 saturated carbocycles. The largest absolute Gasteiger partial charge is 0.356 e. The SMILES string of the molecule is CCCN1CCC(CNC(=NC)N(C)Cc2ccc(Cl)cc2)C1.I. The van der Waals surface area contributed by atoms with Gasteiger partial charge in [0.05, 0.1) is 0 Å². The minimum Gasteiger partial charge on any atom is -0.356 e. The van der Waals surface area contributed by atoms with Crippen LogP contribution < -0.4 is 5.32 Å². The number of nitrogens with zero attached hydrogens (tertiary/aromatic N) is 3. The minimum absolute atomic E-state index is 0. The second kappa shape index (κ2) is 11.2. The van der Waals surface area contributed by atoms with E-state index in [9.17, 15) is 0 Å². The Balaban J connectivity index is 0.00000288. The summed E-state index contributed by atoms with van der Waals surface area (Å²) >= 11 is 5.94. The van der Waals surface area contributed by atoms with Crippen LogP contribution in [0.1, 0.15) is 25.3 Å². The molecule has 1 aliphatic heterocycles. The van der Waals surface area contributed by atoms with Crippen LogP contribution in [0, 0.1) is 5.92 Å². The number of hydrogen-bond acceptors (Lipinski definition) is 2. The maximum absolute atomic E-state index is 5.94. The fourth-order valence-electron chi connectivity index (χ4n) is 3.16. The predicted octanol–water partition coefficient (Wildman–Crippen LogP) is 3.70. The van der Waals surface area contributed by atoms with Crippen LogP contribution in [0.2, 0.25) is 5.02 Å². The van der Waals surface area contributed by atoms with E-state index in [2.05, 4.69) is 46.2 Å². The van der Waals surface area contributed by atoms with E-state index in [4.69, 9.17) is 11.6 Å². The zero-order chi connectivity index (χ0) is 16.7. The van der Waals surface area contributed by atoms with Crippen LogP contribution >= 0.6 is 35.6 Å². The van der Waals surface area contributed by atoms with Gasteiger partial charge in [-0.2, -0.15) is 0 Å². The molecule has 1 saturated heterocycles. The van der Waals surface area contributed by atoms with Crippen molar-refractivity contribution in [3.63, 3.8) is 0 Å². The number of nitrogens with one attached hydrogen (secondary N) is 1. The molecule has 4 nitrogen and oxygen atoms in total. The number of hydrogen-bond donors (Lipinski definition) is 1. The molecule has 24 heavy (non-hydrogen) atoms. The maximum atomic E-state index is 5.94. The average molecular weight is 465 g/mol. The molecule has 0 amide bonds. The zero-order valence-electron chi connectivity index (χ0n) is 15.0. The molecule has 1 heterocycles. The molecule has 1 aromatic rings. The van der Waals surface area contributed by atoms with Gasteiger partial charge in [0, 0.05) is 38.8 Å². The van der Waals surface area contributed by atoms with E-state index in [0.717, 1.165) is 30.0 Å². The van der Waals surface area contributed by atoms with E-state index in [0.29, 0.717) is 0 Å². The number of guanidine groups is 1. The first-order chi connectivity index (χ1) is 11.1. The third kappa shape index (κ3) is 6.76. The molecule has 0 radical (unpaired) electrons. The van der Waals surface area contributed by atoms with E-state index in [1.54, 1.807) is 0 Å². The van der Waals surface area contributed by atoms with Gasteiger partial charge in [-0.3, -0.25) is 4.99 Å². The molecule has 6 heteroatoms. The lowest BCUT2D eigenvalue weighted by atomic mass is 10.1. The van der Waals surface area contributed by atoms with Crippen LogP contribution in [0.25, 0.3) is 0 Å². The Morgan fingerprint density at radius 3 is 2.71 bits per heavy atom. The van der Waals surface area contributed by atoms with Gasteiger partial charge in [-0.15, -0.1) is 24.0 Å². The summed E-state index contributed by atoms with van der Waals surface area (Å²) in [4.78, 5) is 9.13. The number of likely N-dealkylation sites (tertiary alicyclic amines) is 1. The molecule has 1 aliphatic rings. The van der Waals surface area contributed by atoms with Crippen LogP contribution in [0.5, 0.6) is 0 Å². The minimum atomic E-state index is 0. The summed E-state index contributed by atoms with van der Waals surface area (Å²) in [5.74, 6) is 1.68. The number of rotatable bonds is 6. The summed E-state index contributed by atoms with van der Waals surface area (Å²) < 4.78 is 0. The Hall–Kier alpha value is -0.530. The molecule has 0 aromatic heterocycles. The summed E-state index contributed by atoms with van der Waals surface area (Å²) in [6, 6.07) is 7.99. The van der Waals surface area contributed by atoms with E-state index in [1.807, 2.05) is 19.2 Å². The first-order valence-electron chi connectivity index (χ1n) is 8.51. The van der Waals surface area contributed by atoms with Gasteiger partial charge in [0.15, 0.2) is 5.96 Å². The van der Waals surface area contributed by atoms with Crippen LogP contribution in [-0.2, 0) is 6.54 Å². The standard InChI is InChI=1S/C18H29ClN4.HI/c1-4-10-23-11-9-16(14-23)12-21-18(20-2)22(3)13-15-5-7-17(19)8-6-15;/h5-8,16H,4,9-14H2,1-3H3,(H,20,21);1H. The summed E-state index contributed by atoms with van der Waals surface area (Å²) in [6.07, 6.45) is 2.52. The Kier molecular flexibility index (Phi) is 10.0. The van der Waals surface area contributed by atoms with E-state index in [-0.39, 0.29) is 24.0 Å². The molecule has 1 N–H and O–H groups in total. The van der Waals surface area contributed by atoms with Crippen molar-refractivity contribution >= 4 is 41.5 Å². The quantitative estimate of drug-likeness (QED) is 0.396. The van der Waals surface area contributed by atoms with Gasteiger partial charge >= 0.3 is 0 Å². The van der Waals surface area contributed by atoms with E-state index in [1.165, 1.54) is 38.0 Å². The van der Waals surface area contributed by atoms with Gasteiger partial charge in [-0.25, -0.2) is 0 Å². The van der Waals surface area contributed by atoms with Gasteiger partial charge in [-0.1, -0.05) is 30.7 Å². The summed E-state index contributed by atoms with van der Waals surface area (Å²) in [7, 11) is 3.92. The normalized spacial score (nSPS) is 18.3. The molecule has 1 fully saturated rings. The molecule has 1 unspecified atom stereocenters. The molecule has 0 spiro atoms. The Labute approximate surface area is 168 Å². The van der Waals surface area contributed by atoms with Crippen molar-refractivity contribution in [2.45, 2.75) is 26.3 Å². The van der Waals surface area contributed by atoms with Crippen molar-refractivity contribution in [2.24, 2.45) is 10.9 Å². The van der Waals surface area contributed by atoms with Gasteiger partial charge < -0.3 is 15.1 Å². The van der Waals surface area contributed by atoms with Crippen LogP contribution in [0.4, 0.5) is 0 Å². The third-order valence-corrected chi connectivity index (χ3v) is 4.62. The highest BCUT2D eigenvalue weighted by molar-refractivity contribution is 14.0. The Morgan fingerprint density at radius 2 is 2.08 bits per heavy atom.